The highest BCUT2D eigenvalue weighted by molar-refractivity contribution is 5.82. The molecule has 0 spiro atoms. The highest BCUT2D eigenvalue weighted by Gasteiger charge is 2.20. The number of carbonyl (C=O) groups excluding carboxylic acids is 1. The van der Waals surface area contributed by atoms with Gasteiger partial charge in [0.1, 0.15) is 36.3 Å². The van der Waals surface area contributed by atoms with Gasteiger partial charge in [-0.15, -0.1) is 0 Å². The van der Waals surface area contributed by atoms with Crippen molar-refractivity contribution in [1.29, 1.82) is 0 Å². The Morgan fingerprint density at radius 2 is 1.82 bits per heavy atom. The molecule has 0 atom stereocenters. The number of oxime groups is 1. The SMILES string of the molecule is COCOc1cc(CC(=O)OC)c(-c2ccc(/C=N/OC)o2)c(OCOC)c1. The first-order chi connectivity index (χ1) is 13.6. The number of rotatable bonds is 11. The summed E-state index contributed by atoms with van der Waals surface area (Å²) in [4.78, 5) is 16.6. The van der Waals surface area contributed by atoms with Crippen LogP contribution in [-0.4, -0.2) is 54.2 Å². The molecule has 0 N–H and O–H groups in total. The summed E-state index contributed by atoms with van der Waals surface area (Å²) >= 11 is 0. The summed E-state index contributed by atoms with van der Waals surface area (Å²) in [6, 6.07) is 6.83. The van der Waals surface area contributed by atoms with Gasteiger partial charge in [-0.05, 0) is 23.8 Å². The number of methoxy groups -OCH3 is 3. The van der Waals surface area contributed by atoms with Crippen LogP contribution >= 0.6 is 0 Å². The smallest absolute Gasteiger partial charge is 0.310 e. The van der Waals surface area contributed by atoms with Gasteiger partial charge in [-0.25, -0.2) is 0 Å². The third-order valence-electron chi connectivity index (χ3n) is 3.55. The van der Waals surface area contributed by atoms with E-state index in [0.29, 0.717) is 34.1 Å². The number of furan rings is 1. The molecule has 9 heteroatoms. The van der Waals surface area contributed by atoms with Gasteiger partial charge in [0.2, 0.25) is 0 Å². The summed E-state index contributed by atoms with van der Waals surface area (Å²) in [7, 11) is 5.77. The van der Waals surface area contributed by atoms with Gasteiger partial charge in [-0.3, -0.25) is 4.79 Å². The maximum atomic E-state index is 11.9. The summed E-state index contributed by atoms with van der Waals surface area (Å²) in [6.45, 7) is 0.0379. The van der Waals surface area contributed by atoms with Crippen LogP contribution in [0.25, 0.3) is 11.3 Å². The zero-order valence-corrected chi connectivity index (χ0v) is 16.2. The Morgan fingerprint density at radius 3 is 2.50 bits per heavy atom. The molecule has 0 radical (unpaired) electrons. The van der Waals surface area contributed by atoms with Gasteiger partial charge in [0.25, 0.3) is 0 Å². The van der Waals surface area contributed by atoms with Crippen molar-refractivity contribution < 1.29 is 37.7 Å². The second kappa shape index (κ2) is 11.0. The van der Waals surface area contributed by atoms with Crippen molar-refractivity contribution in [3.63, 3.8) is 0 Å². The summed E-state index contributed by atoms with van der Waals surface area (Å²) in [5.41, 5.74) is 1.17. The molecular weight excluding hydrogens is 370 g/mol. The fourth-order valence-corrected chi connectivity index (χ4v) is 2.40. The van der Waals surface area contributed by atoms with E-state index in [1.807, 2.05) is 0 Å². The van der Waals surface area contributed by atoms with E-state index >= 15 is 0 Å². The molecule has 0 aliphatic rings. The third kappa shape index (κ3) is 5.73. The summed E-state index contributed by atoms with van der Waals surface area (Å²) in [6.07, 6.45) is 1.41. The molecular formula is C19H23NO8. The van der Waals surface area contributed by atoms with Gasteiger partial charge in [0.15, 0.2) is 13.6 Å². The van der Waals surface area contributed by atoms with E-state index in [-0.39, 0.29) is 20.0 Å². The van der Waals surface area contributed by atoms with Crippen LogP contribution in [0.3, 0.4) is 0 Å². The first kappa shape index (κ1) is 21.3. The van der Waals surface area contributed by atoms with E-state index in [9.17, 15) is 4.79 Å². The second-order valence-electron chi connectivity index (χ2n) is 5.43. The third-order valence-corrected chi connectivity index (χ3v) is 3.55. The average Bonchev–Trinajstić information content (AvgIpc) is 3.17. The van der Waals surface area contributed by atoms with Crippen molar-refractivity contribution in [2.24, 2.45) is 5.16 Å². The molecule has 0 fully saturated rings. The number of hydrogen-bond acceptors (Lipinski definition) is 9. The quantitative estimate of drug-likeness (QED) is 0.249. The molecule has 28 heavy (non-hydrogen) atoms. The van der Waals surface area contributed by atoms with Crippen molar-refractivity contribution in [3.05, 3.63) is 35.6 Å². The standard InChI is InChI=1S/C19H23NO8/c1-22-11-26-15-7-13(8-18(21)24-3)19(17(9-15)27-12-23-2)16-6-5-14(28-16)10-20-25-4/h5-7,9-10H,8,11-12H2,1-4H3/b20-10+. The van der Waals surface area contributed by atoms with Crippen LogP contribution in [-0.2, 0) is 30.3 Å². The minimum absolute atomic E-state index is 0.00288. The second-order valence-corrected chi connectivity index (χ2v) is 5.43. The normalized spacial score (nSPS) is 10.9. The van der Waals surface area contributed by atoms with E-state index in [1.165, 1.54) is 34.7 Å². The Hall–Kier alpha value is -3.04. The van der Waals surface area contributed by atoms with Crippen LogP contribution in [0.5, 0.6) is 11.5 Å². The minimum atomic E-state index is -0.421. The number of benzene rings is 1. The lowest BCUT2D eigenvalue weighted by molar-refractivity contribution is -0.139. The Morgan fingerprint density at radius 1 is 1.07 bits per heavy atom. The molecule has 0 unspecified atom stereocenters. The van der Waals surface area contributed by atoms with Crippen LogP contribution in [0.2, 0.25) is 0 Å². The number of ether oxygens (including phenoxy) is 5. The topological polar surface area (TPSA) is 98.0 Å². The molecule has 9 nitrogen and oxygen atoms in total. The lowest BCUT2D eigenvalue weighted by Crippen LogP contribution is -2.09. The maximum absolute atomic E-state index is 11.9. The van der Waals surface area contributed by atoms with Crippen LogP contribution in [0.15, 0.2) is 33.8 Å². The average molecular weight is 393 g/mol. The molecule has 152 valence electrons. The molecule has 0 bridgehead atoms. The highest BCUT2D eigenvalue weighted by Crippen LogP contribution is 2.38. The van der Waals surface area contributed by atoms with Gasteiger partial charge in [-0.1, -0.05) is 5.16 Å². The van der Waals surface area contributed by atoms with E-state index in [4.69, 9.17) is 28.1 Å². The summed E-state index contributed by atoms with van der Waals surface area (Å²) in [5.74, 6) is 1.40. The van der Waals surface area contributed by atoms with Gasteiger partial charge < -0.3 is 32.9 Å². The van der Waals surface area contributed by atoms with Gasteiger partial charge in [0, 0.05) is 20.3 Å². The Balaban J connectivity index is 2.54. The molecule has 0 aliphatic carbocycles. The fourth-order valence-electron chi connectivity index (χ4n) is 2.40. The van der Waals surface area contributed by atoms with E-state index in [2.05, 4.69) is 9.99 Å². The monoisotopic (exact) mass is 393 g/mol. The van der Waals surface area contributed by atoms with Crippen molar-refractivity contribution >= 4 is 12.2 Å². The van der Waals surface area contributed by atoms with Crippen molar-refractivity contribution in [3.8, 4) is 22.8 Å². The lowest BCUT2D eigenvalue weighted by atomic mass is 10.0. The summed E-state index contributed by atoms with van der Waals surface area (Å²) < 4.78 is 31.8. The fraction of sp³-hybridized carbons (Fsp3) is 0.368. The minimum Gasteiger partial charge on any atom is -0.469 e. The Bertz CT molecular complexity index is 799. The van der Waals surface area contributed by atoms with E-state index in [1.54, 1.807) is 24.3 Å². The number of hydrogen-bond donors (Lipinski definition) is 0. The van der Waals surface area contributed by atoms with Gasteiger partial charge in [-0.2, -0.15) is 0 Å². The van der Waals surface area contributed by atoms with Crippen molar-refractivity contribution in [1.82, 2.24) is 0 Å². The zero-order chi connectivity index (χ0) is 20.4. The number of carbonyl (C=O) groups is 1. The first-order valence-electron chi connectivity index (χ1n) is 8.26. The van der Waals surface area contributed by atoms with Crippen LogP contribution < -0.4 is 9.47 Å². The van der Waals surface area contributed by atoms with Crippen LogP contribution in [0.1, 0.15) is 11.3 Å². The molecule has 1 aromatic carbocycles. The largest absolute Gasteiger partial charge is 0.469 e. The Labute approximate surface area is 162 Å². The Kier molecular flexibility index (Phi) is 8.32. The zero-order valence-electron chi connectivity index (χ0n) is 16.2. The van der Waals surface area contributed by atoms with Crippen LogP contribution in [0.4, 0.5) is 0 Å². The van der Waals surface area contributed by atoms with Crippen molar-refractivity contribution in [2.75, 3.05) is 42.0 Å². The molecule has 1 aromatic heterocycles. The van der Waals surface area contributed by atoms with E-state index < -0.39 is 5.97 Å². The molecule has 2 rings (SSSR count). The van der Waals surface area contributed by atoms with Gasteiger partial charge >= 0.3 is 5.97 Å². The summed E-state index contributed by atoms with van der Waals surface area (Å²) in [5, 5.41) is 3.67. The molecule has 0 amide bonds. The number of nitrogens with zero attached hydrogens (tertiary/aromatic N) is 1. The maximum Gasteiger partial charge on any atom is 0.310 e. The first-order valence-corrected chi connectivity index (χ1v) is 8.26. The van der Waals surface area contributed by atoms with Crippen molar-refractivity contribution in [2.45, 2.75) is 6.42 Å². The lowest BCUT2D eigenvalue weighted by Gasteiger charge is -2.16. The van der Waals surface area contributed by atoms with Crippen LogP contribution in [0, 0.1) is 0 Å². The molecule has 0 saturated heterocycles. The molecule has 0 saturated carbocycles. The molecule has 0 aliphatic heterocycles. The van der Waals surface area contributed by atoms with Gasteiger partial charge in [0.05, 0.1) is 19.1 Å². The highest BCUT2D eigenvalue weighted by atomic mass is 16.7. The van der Waals surface area contributed by atoms with E-state index in [0.717, 1.165) is 0 Å². The molecule has 1 heterocycles. The number of esters is 1. The molecule has 2 aromatic rings. The predicted octanol–water partition coefficient (Wildman–Crippen LogP) is 2.61. The predicted molar refractivity (Wildman–Crippen MR) is 99.5 cm³/mol.